The van der Waals surface area contributed by atoms with E-state index < -0.39 is 0 Å². The lowest BCUT2D eigenvalue weighted by Gasteiger charge is -2.41. The minimum Gasteiger partial charge on any atom is -0.383 e. The van der Waals surface area contributed by atoms with Gasteiger partial charge in [0.15, 0.2) is 0 Å². The van der Waals surface area contributed by atoms with Crippen LogP contribution in [0.5, 0.6) is 0 Å². The van der Waals surface area contributed by atoms with Gasteiger partial charge in [-0.2, -0.15) is 11.8 Å². The molecule has 0 aromatic heterocycles. The van der Waals surface area contributed by atoms with Crippen LogP contribution >= 0.6 is 11.8 Å². The number of ether oxygens (including phenoxy) is 1. The molecule has 1 heterocycles. The summed E-state index contributed by atoms with van der Waals surface area (Å²) in [5, 5.41) is 4.48. The van der Waals surface area contributed by atoms with Gasteiger partial charge in [-0.25, -0.2) is 0 Å². The maximum Gasteiger partial charge on any atom is 0.0587 e. The van der Waals surface area contributed by atoms with E-state index in [-0.39, 0.29) is 0 Å². The predicted octanol–water partition coefficient (Wildman–Crippen LogP) is 3.00. The molecule has 2 fully saturated rings. The normalized spacial score (nSPS) is 27.4. The van der Waals surface area contributed by atoms with Gasteiger partial charge in [-0.15, -0.1) is 0 Å². The van der Waals surface area contributed by atoms with Gasteiger partial charge in [-0.05, 0) is 18.3 Å². The number of rotatable bonds is 7. The molecule has 1 N–H and O–H groups in total. The van der Waals surface area contributed by atoms with Gasteiger partial charge in [0, 0.05) is 50.8 Å². The van der Waals surface area contributed by atoms with Crippen molar-refractivity contribution in [3.8, 4) is 0 Å². The molecule has 1 saturated heterocycles. The molecule has 0 amide bonds. The molecule has 0 aromatic carbocycles. The Morgan fingerprint density at radius 2 is 2.00 bits per heavy atom. The van der Waals surface area contributed by atoms with Crippen molar-refractivity contribution in [3.63, 3.8) is 0 Å². The van der Waals surface area contributed by atoms with Gasteiger partial charge in [0.05, 0.1) is 6.61 Å². The molecule has 124 valence electrons. The zero-order valence-corrected chi connectivity index (χ0v) is 14.8. The molecular formula is C17H34N2OS. The first-order valence-corrected chi connectivity index (χ1v) is 9.83. The summed E-state index contributed by atoms with van der Waals surface area (Å²) >= 11 is 2.14. The van der Waals surface area contributed by atoms with Crippen LogP contribution in [0.2, 0.25) is 0 Å². The topological polar surface area (TPSA) is 24.5 Å². The second-order valence-corrected chi connectivity index (χ2v) is 8.55. The van der Waals surface area contributed by atoms with Crippen LogP contribution < -0.4 is 5.32 Å². The Labute approximate surface area is 135 Å². The summed E-state index contributed by atoms with van der Waals surface area (Å²) in [4.78, 5) is 2.74. The smallest absolute Gasteiger partial charge is 0.0587 e. The van der Waals surface area contributed by atoms with Gasteiger partial charge >= 0.3 is 0 Å². The van der Waals surface area contributed by atoms with E-state index in [9.17, 15) is 0 Å². The van der Waals surface area contributed by atoms with E-state index in [4.69, 9.17) is 4.74 Å². The first-order chi connectivity index (χ1) is 10.2. The van der Waals surface area contributed by atoms with Crippen molar-refractivity contribution in [2.45, 2.75) is 50.7 Å². The van der Waals surface area contributed by atoms with Crippen LogP contribution in [-0.2, 0) is 4.74 Å². The molecule has 3 nitrogen and oxygen atoms in total. The molecule has 1 atom stereocenters. The van der Waals surface area contributed by atoms with Gasteiger partial charge in [0.2, 0.25) is 0 Å². The summed E-state index contributed by atoms with van der Waals surface area (Å²) in [6.45, 7) is 9.25. The third-order valence-corrected chi connectivity index (χ3v) is 6.17. The number of nitrogens with one attached hydrogen (secondary N) is 1. The molecule has 0 bridgehead atoms. The van der Waals surface area contributed by atoms with Crippen LogP contribution in [0.4, 0.5) is 0 Å². The summed E-state index contributed by atoms with van der Waals surface area (Å²) in [5.41, 5.74) is 0.506. The predicted molar refractivity (Wildman–Crippen MR) is 93.2 cm³/mol. The van der Waals surface area contributed by atoms with Crippen LogP contribution in [0.15, 0.2) is 0 Å². The van der Waals surface area contributed by atoms with Crippen molar-refractivity contribution in [1.82, 2.24) is 10.2 Å². The summed E-state index contributed by atoms with van der Waals surface area (Å²) in [6, 6.07) is 0. The van der Waals surface area contributed by atoms with E-state index in [2.05, 4.69) is 28.9 Å². The van der Waals surface area contributed by atoms with Gasteiger partial charge < -0.3 is 15.0 Å². The zero-order chi connectivity index (χ0) is 15.0. The summed E-state index contributed by atoms with van der Waals surface area (Å²) in [6.07, 6.45) is 8.53. The highest BCUT2D eigenvalue weighted by Gasteiger charge is 2.33. The third-order valence-electron chi connectivity index (χ3n) is 5.03. The Bertz CT molecular complexity index is 280. The molecule has 1 aliphatic heterocycles. The lowest BCUT2D eigenvalue weighted by atomic mass is 9.79. The van der Waals surface area contributed by atoms with Gasteiger partial charge in [0.25, 0.3) is 0 Å². The molecule has 2 aliphatic rings. The molecule has 1 saturated carbocycles. The third kappa shape index (κ3) is 6.09. The summed E-state index contributed by atoms with van der Waals surface area (Å²) < 4.78 is 5.18. The van der Waals surface area contributed by atoms with Crippen molar-refractivity contribution in [2.24, 2.45) is 5.41 Å². The number of hydrogen-bond donors (Lipinski definition) is 1. The summed E-state index contributed by atoms with van der Waals surface area (Å²) in [5.74, 6) is 1.31. The lowest BCUT2D eigenvalue weighted by Crippen LogP contribution is -2.48. The van der Waals surface area contributed by atoms with E-state index in [0.29, 0.717) is 5.41 Å². The van der Waals surface area contributed by atoms with E-state index in [1.807, 2.05) is 0 Å². The fraction of sp³-hybridized carbons (Fsp3) is 1.00. The van der Waals surface area contributed by atoms with Crippen LogP contribution in [0.1, 0.15) is 45.4 Å². The van der Waals surface area contributed by atoms with Gasteiger partial charge in [-0.3, -0.25) is 0 Å². The Morgan fingerprint density at radius 1 is 1.24 bits per heavy atom. The van der Waals surface area contributed by atoms with E-state index in [0.717, 1.165) is 18.4 Å². The molecule has 21 heavy (non-hydrogen) atoms. The number of thioether (sulfide) groups is 1. The number of nitrogens with zero attached hydrogens (tertiary/aromatic N) is 1. The average molecular weight is 315 g/mol. The van der Waals surface area contributed by atoms with Gasteiger partial charge in [0.1, 0.15) is 0 Å². The quantitative estimate of drug-likeness (QED) is 0.577. The van der Waals surface area contributed by atoms with Crippen molar-refractivity contribution >= 4 is 11.8 Å². The molecule has 1 aliphatic carbocycles. The first kappa shape index (κ1) is 17.6. The van der Waals surface area contributed by atoms with Crippen molar-refractivity contribution in [2.75, 3.05) is 52.2 Å². The molecule has 2 rings (SSSR count). The molecule has 4 heteroatoms. The standard InChI is InChI=1S/C17H34N2OS/c1-16-13-19(10-12-21-16)15-17(14-18-9-11-20-2)7-5-3-4-6-8-17/h16,18H,3-15H2,1-2H3. The molecule has 0 radical (unpaired) electrons. The van der Waals surface area contributed by atoms with Crippen LogP contribution in [0, 0.1) is 5.41 Å². The van der Waals surface area contributed by atoms with Crippen LogP contribution in [0.25, 0.3) is 0 Å². The van der Waals surface area contributed by atoms with E-state index >= 15 is 0 Å². The number of methoxy groups -OCH3 is 1. The fourth-order valence-electron chi connectivity index (χ4n) is 3.91. The van der Waals surface area contributed by atoms with Crippen molar-refractivity contribution in [3.05, 3.63) is 0 Å². The molecule has 0 aromatic rings. The first-order valence-electron chi connectivity index (χ1n) is 8.78. The monoisotopic (exact) mass is 314 g/mol. The lowest BCUT2D eigenvalue weighted by molar-refractivity contribution is 0.125. The second-order valence-electron chi connectivity index (χ2n) is 7.00. The minimum atomic E-state index is 0.506. The second kappa shape index (κ2) is 9.39. The van der Waals surface area contributed by atoms with Crippen molar-refractivity contribution in [1.29, 1.82) is 0 Å². The van der Waals surface area contributed by atoms with Gasteiger partial charge in [-0.1, -0.05) is 32.6 Å². The Hall–Kier alpha value is 0.230. The maximum absolute atomic E-state index is 5.18. The molecule has 0 spiro atoms. The van der Waals surface area contributed by atoms with Crippen LogP contribution in [0.3, 0.4) is 0 Å². The highest BCUT2D eigenvalue weighted by Crippen LogP contribution is 2.36. The fourth-order valence-corrected chi connectivity index (χ4v) is 4.99. The Morgan fingerprint density at radius 3 is 2.67 bits per heavy atom. The molecular weight excluding hydrogens is 280 g/mol. The largest absolute Gasteiger partial charge is 0.383 e. The highest BCUT2D eigenvalue weighted by atomic mass is 32.2. The van der Waals surface area contributed by atoms with Crippen molar-refractivity contribution < 1.29 is 4.74 Å². The van der Waals surface area contributed by atoms with E-state index in [1.165, 1.54) is 70.5 Å². The molecule has 1 unspecified atom stereocenters. The minimum absolute atomic E-state index is 0.506. The van der Waals surface area contributed by atoms with Crippen LogP contribution in [-0.4, -0.2) is 62.3 Å². The Balaban J connectivity index is 1.89. The highest BCUT2D eigenvalue weighted by molar-refractivity contribution is 7.99. The summed E-state index contributed by atoms with van der Waals surface area (Å²) in [7, 11) is 1.79. The average Bonchev–Trinajstić information content (AvgIpc) is 2.70. The number of hydrogen-bond acceptors (Lipinski definition) is 4. The SMILES string of the molecule is COCCNCC1(CN2CCSC(C)C2)CCCCCC1. The van der Waals surface area contributed by atoms with E-state index in [1.54, 1.807) is 7.11 Å². The Kier molecular flexibility index (Phi) is 7.86. The maximum atomic E-state index is 5.18. The zero-order valence-electron chi connectivity index (χ0n) is 14.0.